The molecule has 3 aromatic rings. The number of halogens is 1. The van der Waals surface area contributed by atoms with Crippen LogP contribution in [0.15, 0.2) is 71.0 Å². The smallest absolute Gasteiger partial charge is 0.338 e. The molecule has 0 aliphatic carbocycles. The molecule has 0 bridgehead atoms. The van der Waals surface area contributed by atoms with E-state index < -0.39 is 17.9 Å². The third kappa shape index (κ3) is 6.52. The number of rotatable bonds is 9. The Kier molecular flexibility index (Phi) is 9.23. The molecule has 1 amide bonds. The van der Waals surface area contributed by atoms with Gasteiger partial charge in [0, 0.05) is 38.9 Å². The van der Waals surface area contributed by atoms with Gasteiger partial charge in [0.1, 0.15) is 5.75 Å². The van der Waals surface area contributed by atoms with Gasteiger partial charge in [-0.1, -0.05) is 29.8 Å². The number of thiocarbonyl (C=S) groups is 1. The van der Waals surface area contributed by atoms with Gasteiger partial charge in [0.15, 0.2) is 11.7 Å². The normalized spacial score (nSPS) is 15.0. The van der Waals surface area contributed by atoms with Crippen LogP contribution in [0.1, 0.15) is 42.4 Å². The van der Waals surface area contributed by atoms with Gasteiger partial charge in [-0.2, -0.15) is 5.10 Å². The lowest BCUT2D eigenvalue weighted by Gasteiger charge is -2.30. The van der Waals surface area contributed by atoms with Crippen molar-refractivity contribution in [1.82, 2.24) is 20.6 Å². The van der Waals surface area contributed by atoms with Crippen molar-refractivity contribution in [3.63, 3.8) is 0 Å². The van der Waals surface area contributed by atoms with E-state index in [0.717, 1.165) is 22.6 Å². The van der Waals surface area contributed by atoms with Gasteiger partial charge in [0.25, 0.3) is 5.91 Å². The fourth-order valence-corrected chi connectivity index (χ4v) is 4.91. The van der Waals surface area contributed by atoms with Gasteiger partial charge in [-0.3, -0.25) is 4.79 Å². The predicted octanol–water partition coefficient (Wildman–Crippen LogP) is 4.63. The minimum Gasteiger partial charge on any atom is -0.483 e. The van der Waals surface area contributed by atoms with Crippen molar-refractivity contribution in [2.75, 3.05) is 13.2 Å². The molecule has 2 heterocycles. The molecule has 2 aromatic carbocycles. The SMILES string of the molecule is CCOC(=O)C1=C(C)NC(=S)N[C@@H]1c1ccccc1OCC(=O)NN=Cc1cc(C)n(-c2ccc(Cl)cc2)c1C. The van der Waals surface area contributed by atoms with Crippen LogP contribution in [0.5, 0.6) is 5.75 Å². The summed E-state index contributed by atoms with van der Waals surface area (Å²) in [6.45, 7) is 7.42. The van der Waals surface area contributed by atoms with Gasteiger partial charge in [0.2, 0.25) is 0 Å². The number of allylic oxidation sites excluding steroid dienone is 1. The summed E-state index contributed by atoms with van der Waals surface area (Å²) < 4.78 is 13.2. The Balaban J connectivity index is 1.44. The van der Waals surface area contributed by atoms with E-state index in [-0.39, 0.29) is 13.2 Å². The zero-order valence-corrected chi connectivity index (χ0v) is 24.2. The van der Waals surface area contributed by atoms with Gasteiger partial charge in [0.05, 0.1) is 24.4 Å². The zero-order chi connectivity index (χ0) is 28.8. The summed E-state index contributed by atoms with van der Waals surface area (Å²) >= 11 is 11.3. The topological polar surface area (TPSA) is 106 Å². The number of hydrazone groups is 1. The third-order valence-corrected chi connectivity index (χ3v) is 6.77. The highest BCUT2D eigenvalue weighted by Crippen LogP contribution is 2.33. The number of esters is 1. The van der Waals surface area contributed by atoms with Crippen LogP contribution in [0, 0.1) is 13.8 Å². The van der Waals surface area contributed by atoms with E-state index in [0.29, 0.717) is 32.7 Å². The number of hydrogen-bond donors (Lipinski definition) is 3. The number of ether oxygens (including phenoxy) is 2. The number of nitrogens with one attached hydrogen (secondary N) is 3. The average molecular weight is 580 g/mol. The molecule has 9 nitrogen and oxygen atoms in total. The molecule has 0 fully saturated rings. The molecule has 0 saturated carbocycles. The third-order valence-electron chi connectivity index (χ3n) is 6.30. The molecule has 3 N–H and O–H groups in total. The number of amides is 1. The first-order valence-corrected chi connectivity index (χ1v) is 13.4. The summed E-state index contributed by atoms with van der Waals surface area (Å²) in [5.74, 6) is -0.488. The standard InChI is InChI=1S/C29H30ClN5O4S/c1-5-38-28(37)26-18(3)32-29(40)33-27(26)23-8-6-7-9-24(23)39-16-25(36)34-31-15-20-14-17(2)35(19(20)4)22-12-10-21(30)11-13-22/h6-15,27H,5,16H2,1-4H3,(H,34,36)(H2,32,33,40)/t27-/m1/s1. The summed E-state index contributed by atoms with van der Waals surface area (Å²) in [7, 11) is 0. The number of hydrogen-bond acceptors (Lipinski definition) is 6. The second kappa shape index (κ2) is 12.8. The van der Waals surface area contributed by atoms with Gasteiger partial charge < -0.3 is 24.7 Å². The monoisotopic (exact) mass is 579 g/mol. The number of carbonyl (C=O) groups is 2. The Morgan fingerprint density at radius 2 is 1.88 bits per heavy atom. The maximum Gasteiger partial charge on any atom is 0.338 e. The summed E-state index contributed by atoms with van der Waals surface area (Å²) in [5, 5.41) is 11.2. The molecule has 0 unspecified atom stereocenters. The Hall–Kier alpha value is -4.15. The highest BCUT2D eigenvalue weighted by molar-refractivity contribution is 7.80. The van der Waals surface area contributed by atoms with E-state index in [2.05, 4.69) is 25.7 Å². The Morgan fingerprint density at radius 1 is 1.15 bits per heavy atom. The molecule has 0 saturated heterocycles. The van der Waals surface area contributed by atoms with Crippen LogP contribution in [-0.2, 0) is 14.3 Å². The number of para-hydroxylation sites is 1. The Bertz CT molecular complexity index is 1500. The Labute approximate surface area is 243 Å². The van der Waals surface area contributed by atoms with E-state index in [9.17, 15) is 9.59 Å². The van der Waals surface area contributed by atoms with Crippen LogP contribution in [-0.4, -0.2) is 41.0 Å². The van der Waals surface area contributed by atoms with Crippen molar-refractivity contribution < 1.29 is 19.1 Å². The second-order valence-electron chi connectivity index (χ2n) is 9.05. The quantitative estimate of drug-likeness (QED) is 0.147. The van der Waals surface area contributed by atoms with Crippen molar-refractivity contribution in [3.8, 4) is 11.4 Å². The molecule has 1 atom stereocenters. The predicted molar refractivity (Wildman–Crippen MR) is 159 cm³/mol. The number of benzene rings is 2. The lowest BCUT2D eigenvalue weighted by atomic mass is 9.95. The molecule has 1 aliphatic heterocycles. The number of aromatic nitrogens is 1. The summed E-state index contributed by atoms with van der Waals surface area (Å²) in [6, 6.07) is 16.1. The van der Waals surface area contributed by atoms with Crippen LogP contribution >= 0.6 is 23.8 Å². The largest absolute Gasteiger partial charge is 0.483 e. The molecule has 40 heavy (non-hydrogen) atoms. The first-order chi connectivity index (χ1) is 19.2. The van der Waals surface area contributed by atoms with Crippen LogP contribution in [0.25, 0.3) is 5.69 Å². The summed E-state index contributed by atoms with van der Waals surface area (Å²) in [4.78, 5) is 25.3. The summed E-state index contributed by atoms with van der Waals surface area (Å²) in [5.41, 5.74) is 7.95. The molecule has 0 spiro atoms. The minimum atomic E-state index is -0.610. The van der Waals surface area contributed by atoms with E-state index in [1.54, 1.807) is 38.3 Å². The van der Waals surface area contributed by atoms with Crippen molar-refractivity contribution in [3.05, 3.63) is 93.4 Å². The fraction of sp³-hybridized carbons (Fsp3) is 0.241. The van der Waals surface area contributed by atoms with Gasteiger partial charge in [-0.15, -0.1) is 0 Å². The maximum absolute atomic E-state index is 12.7. The van der Waals surface area contributed by atoms with E-state index in [1.165, 1.54) is 0 Å². The highest BCUT2D eigenvalue weighted by Gasteiger charge is 2.32. The van der Waals surface area contributed by atoms with Crippen LogP contribution in [0.2, 0.25) is 5.02 Å². The zero-order valence-electron chi connectivity index (χ0n) is 22.6. The van der Waals surface area contributed by atoms with Crippen molar-refractivity contribution in [2.45, 2.75) is 33.7 Å². The number of nitrogens with zero attached hydrogens (tertiary/aromatic N) is 2. The Morgan fingerprint density at radius 3 is 2.60 bits per heavy atom. The lowest BCUT2D eigenvalue weighted by molar-refractivity contribution is -0.139. The molecular weight excluding hydrogens is 550 g/mol. The maximum atomic E-state index is 12.7. The molecule has 208 valence electrons. The molecule has 1 aromatic heterocycles. The molecular formula is C29H30ClN5O4S. The molecule has 1 aliphatic rings. The van der Waals surface area contributed by atoms with E-state index in [1.807, 2.05) is 50.2 Å². The minimum absolute atomic E-state index is 0.233. The van der Waals surface area contributed by atoms with Gasteiger partial charge in [-0.25, -0.2) is 10.2 Å². The van der Waals surface area contributed by atoms with Crippen molar-refractivity contribution in [1.29, 1.82) is 0 Å². The lowest BCUT2D eigenvalue weighted by Crippen LogP contribution is -2.45. The van der Waals surface area contributed by atoms with Crippen molar-refractivity contribution >= 4 is 47.0 Å². The fourth-order valence-electron chi connectivity index (χ4n) is 4.51. The van der Waals surface area contributed by atoms with E-state index >= 15 is 0 Å². The highest BCUT2D eigenvalue weighted by atomic mass is 35.5. The number of carbonyl (C=O) groups excluding carboxylic acids is 2. The first-order valence-electron chi connectivity index (χ1n) is 12.6. The first kappa shape index (κ1) is 28.8. The van der Waals surface area contributed by atoms with Crippen LogP contribution in [0.4, 0.5) is 0 Å². The van der Waals surface area contributed by atoms with Gasteiger partial charge in [-0.05, 0) is 76.3 Å². The van der Waals surface area contributed by atoms with Crippen LogP contribution in [0.3, 0.4) is 0 Å². The number of aryl methyl sites for hydroxylation is 1. The molecule has 0 radical (unpaired) electrons. The van der Waals surface area contributed by atoms with Crippen molar-refractivity contribution in [2.24, 2.45) is 5.10 Å². The van der Waals surface area contributed by atoms with Crippen LogP contribution < -0.4 is 20.8 Å². The van der Waals surface area contributed by atoms with E-state index in [4.69, 9.17) is 33.3 Å². The second-order valence-corrected chi connectivity index (χ2v) is 9.89. The molecule has 4 rings (SSSR count). The average Bonchev–Trinajstić information content (AvgIpc) is 3.20. The van der Waals surface area contributed by atoms with Gasteiger partial charge >= 0.3 is 5.97 Å². The molecule has 11 heteroatoms. The summed E-state index contributed by atoms with van der Waals surface area (Å²) in [6.07, 6.45) is 1.60.